The molecule has 8 heteroatoms. The summed E-state index contributed by atoms with van der Waals surface area (Å²) in [7, 11) is -9.70. The molecule has 0 spiro atoms. The monoisotopic (exact) mass is 414 g/mol. The number of esters is 1. The van der Waals surface area contributed by atoms with Crippen molar-refractivity contribution >= 4 is 16.2 Å². The second-order valence-corrected chi connectivity index (χ2v) is 9.84. The van der Waals surface area contributed by atoms with Crippen LogP contribution in [0.15, 0.2) is 29.2 Å². The van der Waals surface area contributed by atoms with E-state index in [9.17, 15) is 24.2 Å². The van der Waals surface area contributed by atoms with Gasteiger partial charge in [0.2, 0.25) is 0 Å². The predicted molar refractivity (Wildman–Crippen MR) is 97.7 cm³/mol. The third kappa shape index (κ3) is 6.97. The van der Waals surface area contributed by atoms with Crippen molar-refractivity contribution in [1.82, 2.24) is 0 Å². The van der Waals surface area contributed by atoms with Crippen molar-refractivity contribution in [2.24, 2.45) is 11.8 Å². The molecule has 1 aliphatic rings. The Morgan fingerprint density at radius 2 is 1.56 bits per heavy atom. The second kappa shape index (κ2) is 7.60. The molecule has 0 unspecified atom stereocenters. The van der Waals surface area contributed by atoms with Gasteiger partial charge in [-0.2, -0.15) is 0 Å². The van der Waals surface area contributed by atoms with Crippen molar-refractivity contribution in [2.75, 3.05) is 0 Å². The highest BCUT2D eigenvalue weighted by Gasteiger charge is 2.65. The summed E-state index contributed by atoms with van der Waals surface area (Å²) in [5.74, 6) is -0.318. The summed E-state index contributed by atoms with van der Waals surface area (Å²) in [5.41, 5.74) is 0. The number of carbonyl (C=O) groups excluding carboxylic acids is 1. The van der Waals surface area contributed by atoms with Gasteiger partial charge >= 0.3 is 16.2 Å². The fraction of sp³-hybridized carbons (Fsp3) is 0.632. The van der Waals surface area contributed by atoms with Crippen molar-refractivity contribution in [1.29, 1.82) is 0 Å². The van der Waals surface area contributed by atoms with Gasteiger partial charge in [0.1, 0.15) is 10.6 Å². The SMILES string of the molecule is CCCCCCC1CCC(C(=O)Oc2ccc(S(F)(F)(F)(F)F)cc2)CC1. The average molecular weight is 414 g/mol. The average Bonchev–Trinajstić information content (AvgIpc) is 2.58. The van der Waals surface area contributed by atoms with Gasteiger partial charge in [-0.15, -0.1) is 0 Å². The Hall–Kier alpha value is -1.31. The van der Waals surface area contributed by atoms with Crippen LogP contribution in [0.3, 0.4) is 0 Å². The minimum Gasteiger partial charge on any atom is -0.426 e. The molecule has 0 heterocycles. The lowest BCUT2D eigenvalue weighted by atomic mass is 9.80. The first-order valence-electron chi connectivity index (χ1n) is 9.45. The molecular formula is C19H27F5O2S. The van der Waals surface area contributed by atoms with E-state index < -0.39 is 21.1 Å². The minimum atomic E-state index is -9.70. The number of benzene rings is 1. The molecule has 2 rings (SSSR count). The molecule has 1 aliphatic carbocycles. The first kappa shape index (κ1) is 22.0. The maximum atomic E-state index is 12.7. The molecule has 1 aromatic carbocycles. The summed E-state index contributed by atoms with van der Waals surface area (Å²) in [6.07, 6.45) is 9.30. The van der Waals surface area contributed by atoms with Crippen LogP contribution in [-0.2, 0) is 4.79 Å². The lowest BCUT2D eigenvalue weighted by Gasteiger charge is -2.40. The first-order valence-corrected chi connectivity index (χ1v) is 11.4. The molecule has 0 N–H and O–H groups in total. The molecule has 1 saturated carbocycles. The Kier molecular flexibility index (Phi) is 6.19. The van der Waals surface area contributed by atoms with E-state index in [0.29, 0.717) is 18.8 Å². The van der Waals surface area contributed by atoms with E-state index in [2.05, 4.69) is 6.92 Å². The topological polar surface area (TPSA) is 26.3 Å². The van der Waals surface area contributed by atoms with Gasteiger partial charge in [-0.25, -0.2) is 0 Å². The van der Waals surface area contributed by atoms with Crippen LogP contribution in [0, 0.1) is 11.8 Å². The number of hydrogen-bond acceptors (Lipinski definition) is 2. The molecule has 0 aromatic heterocycles. The van der Waals surface area contributed by atoms with Gasteiger partial charge in [-0.3, -0.25) is 4.79 Å². The van der Waals surface area contributed by atoms with Crippen molar-refractivity contribution in [3.63, 3.8) is 0 Å². The molecule has 0 saturated heterocycles. The standard InChI is InChI=1S/C19H27F5O2S/c1-2-3-4-5-6-15-7-9-16(10-8-15)19(25)26-17-11-13-18(14-12-17)27(20,21,22,23)24/h11-16H,2-10H2,1H3. The molecule has 0 amide bonds. The lowest BCUT2D eigenvalue weighted by molar-refractivity contribution is -0.140. The van der Waals surface area contributed by atoms with Crippen LogP contribution in [0.5, 0.6) is 5.75 Å². The number of halogens is 5. The van der Waals surface area contributed by atoms with Crippen LogP contribution in [-0.4, -0.2) is 5.97 Å². The highest BCUT2D eigenvalue weighted by molar-refractivity contribution is 8.45. The zero-order chi connectivity index (χ0) is 20.2. The van der Waals surface area contributed by atoms with E-state index in [1.54, 1.807) is 0 Å². The molecular weight excluding hydrogens is 387 g/mol. The van der Waals surface area contributed by atoms with Crippen LogP contribution in [0.1, 0.15) is 64.7 Å². The molecule has 27 heavy (non-hydrogen) atoms. The summed E-state index contributed by atoms with van der Waals surface area (Å²) in [6.45, 7) is 2.17. The van der Waals surface area contributed by atoms with E-state index in [1.165, 1.54) is 25.7 Å². The number of unbranched alkanes of at least 4 members (excludes halogenated alkanes) is 3. The van der Waals surface area contributed by atoms with Crippen molar-refractivity contribution in [2.45, 2.75) is 69.6 Å². The van der Waals surface area contributed by atoms with Crippen molar-refractivity contribution in [3.05, 3.63) is 24.3 Å². The van der Waals surface area contributed by atoms with Gasteiger partial charge in [-0.05, 0) is 55.9 Å². The van der Waals surface area contributed by atoms with Crippen LogP contribution < -0.4 is 4.74 Å². The van der Waals surface area contributed by atoms with Crippen LogP contribution in [0.25, 0.3) is 0 Å². The van der Waals surface area contributed by atoms with E-state index in [-0.39, 0.29) is 23.8 Å². The second-order valence-electron chi connectivity index (χ2n) is 7.43. The van der Waals surface area contributed by atoms with E-state index >= 15 is 0 Å². The van der Waals surface area contributed by atoms with Crippen LogP contribution in [0.2, 0.25) is 0 Å². The minimum absolute atomic E-state index is 0.146. The van der Waals surface area contributed by atoms with E-state index in [0.717, 1.165) is 31.4 Å². The van der Waals surface area contributed by atoms with Crippen LogP contribution >= 0.6 is 10.2 Å². The Morgan fingerprint density at radius 3 is 2.07 bits per heavy atom. The third-order valence-electron chi connectivity index (χ3n) is 5.13. The van der Waals surface area contributed by atoms with E-state index in [4.69, 9.17) is 4.74 Å². The van der Waals surface area contributed by atoms with Gasteiger partial charge in [0.15, 0.2) is 0 Å². The van der Waals surface area contributed by atoms with Crippen molar-refractivity contribution in [3.8, 4) is 5.75 Å². The largest absolute Gasteiger partial charge is 0.426 e. The zero-order valence-corrected chi connectivity index (χ0v) is 16.3. The number of rotatable bonds is 8. The number of carbonyl (C=O) groups is 1. The summed E-state index contributed by atoms with van der Waals surface area (Å²) in [6, 6.07) is 2.06. The Bertz CT molecular complexity index is 634. The highest BCUT2D eigenvalue weighted by Crippen LogP contribution is 3.02. The van der Waals surface area contributed by atoms with Crippen molar-refractivity contribution < 1.29 is 29.0 Å². The molecule has 1 aromatic rings. The lowest BCUT2D eigenvalue weighted by Crippen LogP contribution is -2.25. The predicted octanol–water partition coefficient (Wildman–Crippen LogP) is 8.03. The smallest absolute Gasteiger partial charge is 0.314 e. The Labute approximate surface area is 157 Å². The maximum Gasteiger partial charge on any atom is 0.314 e. The van der Waals surface area contributed by atoms with Gasteiger partial charge < -0.3 is 4.74 Å². The molecule has 0 radical (unpaired) electrons. The highest BCUT2D eigenvalue weighted by atomic mass is 32.5. The third-order valence-corrected chi connectivity index (χ3v) is 6.30. The van der Waals surface area contributed by atoms with Gasteiger partial charge in [0.05, 0.1) is 5.92 Å². The molecule has 0 atom stereocenters. The summed E-state index contributed by atoms with van der Waals surface area (Å²) >= 11 is 0. The Balaban J connectivity index is 1.83. The zero-order valence-electron chi connectivity index (χ0n) is 15.4. The molecule has 0 aliphatic heterocycles. The fourth-order valence-corrected chi connectivity index (χ4v) is 4.16. The quantitative estimate of drug-likeness (QED) is 0.186. The molecule has 1 fully saturated rings. The van der Waals surface area contributed by atoms with Crippen LogP contribution in [0.4, 0.5) is 19.4 Å². The molecule has 0 bridgehead atoms. The number of ether oxygens (including phenoxy) is 1. The van der Waals surface area contributed by atoms with Gasteiger partial charge in [-0.1, -0.05) is 58.5 Å². The Morgan fingerprint density at radius 1 is 0.963 bits per heavy atom. The summed E-state index contributed by atoms with van der Waals surface area (Å²) in [5, 5.41) is 0. The summed E-state index contributed by atoms with van der Waals surface area (Å²) in [4.78, 5) is 10.2. The summed E-state index contributed by atoms with van der Waals surface area (Å²) < 4.78 is 68.6. The molecule has 2 nitrogen and oxygen atoms in total. The van der Waals surface area contributed by atoms with Gasteiger partial charge in [0.25, 0.3) is 0 Å². The normalized spacial score (nSPS) is 23.3. The fourth-order valence-electron chi connectivity index (χ4n) is 3.51. The van der Waals surface area contributed by atoms with E-state index in [1.807, 2.05) is 0 Å². The maximum absolute atomic E-state index is 12.7. The molecule has 156 valence electrons. The number of hydrogen-bond donors (Lipinski definition) is 0. The first-order chi connectivity index (χ1) is 12.4. The van der Waals surface area contributed by atoms with Gasteiger partial charge in [0, 0.05) is 0 Å².